The Bertz CT molecular complexity index is 868. The minimum Gasteiger partial charge on any atom is -0.395 e. The van der Waals surface area contributed by atoms with Crippen molar-refractivity contribution in [1.29, 1.82) is 0 Å². The van der Waals surface area contributed by atoms with Crippen LogP contribution in [-0.4, -0.2) is 156 Å². The zero-order valence-electron chi connectivity index (χ0n) is 27.5. The number of hydrogen-bond acceptors (Lipinski definition) is 16. The molecule has 0 amide bonds. The van der Waals surface area contributed by atoms with Crippen LogP contribution in [0.1, 0.15) is 51.4 Å². The number of nitrogens with two attached hydrogens (primary N) is 4. The molecule has 5 aliphatic rings. The monoisotopic (exact) mass is 678 g/mol. The van der Waals surface area contributed by atoms with Gasteiger partial charge in [-0.1, -0.05) is 12.2 Å². The van der Waals surface area contributed by atoms with E-state index in [1.165, 1.54) is 12.8 Å². The highest BCUT2D eigenvalue weighted by Crippen LogP contribution is 2.27. The van der Waals surface area contributed by atoms with Crippen LogP contribution in [0.5, 0.6) is 0 Å². The quantitative estimate of drug-likeness (QED) is 0.0878. The molecule has 11 atom stereocenters. The van der Waals surface area contributed by atoms with E-state index in [4.69, 9.17) is 62.3 Å². The van der Waals surface area contributed by atoms with Crippen molar-refractivity contribution in [2.45, 2.75) is 131 Å². The lowest BCUT2D eigenvalue weighted by atomic mass is 9.81. The van der Waals surface area contributed by atoms with E-state index in [9.17, 15) is 10.2 Å². The van der Waals surface area contributed by atoms with Crippen molar-refractivity contribution in [2.75, 3.05) is 46.1 Å². The summed E-state index contributed by atoms with van der Waals surface area (Å²) < 4.78 is 21.9. The third-order valence-electron chi connectivity index (χ3n) is 9.25. The first kappa shape index (κ1) is 40.5. The van der Waals surface area contributed by atoms with Gasteiger partial charge in [0.1, 0.15) is 18.3 Å². The molecule has 0 radical (unpaired) electrons. The number of ether oxygens (including phenoxy) is 4. The van der Waals surface area contributed by atoms with E-state index >= 15 is 0 Å². The normalized spacial score (nSPS) is 40.2. The summed E-state index contributed by atoms with van der Waals surface area (Å²) in [5.41, 5.74) is 22.3. The summed E-state index contributed by atoms with van der Waals surface area (Å²) >= 11 is 0. The first-order chi connectivity index (χ1) is 22.6. The van der Waals surface area contributed by atoms with Crippen LogP contribution in [0.4, 0.5) is 0 Å². The Balaban J connectivity index is 0.000000201. The lowest BCUT2D eigenvalue weighted by molar-refractivity contribution is -0.238. The molecule has 0 aromatic carbocycles. The number of aliphatic hydroxyl groups excluding tert-OH is 6. The van der Waals surface area contributed by atoms with Crippen LogP contribution in [-0.2, 0) is 18.9 Å². The van der Waals surface area contributed by atoms with Crippen molar-refractivity contribution < 1.29 is 49.6 Å². The summed E-state index contributed by atoms with van der Waals surface area (Å²) in [5.74, 6) is 0.803. The Labute approximate surface area is 278 Å². The minimum atomic E-state index is -1.27. The molecule has 0 spiro atoms. The maximum Gasteiger partial charge on any atom is 0.172 e. The SMILES string of the molecule is NC1CC(CNCC2C=CCCO2)C1.NC1CC(NC(CO)CO)CC(OC2CCC(CO)O2)C1.NC[C@@H]1O[C@H](O)[C@H](N)C(O)[C@@H]1O. The lowest BCUT2D eigenvalue weighted by Gasteiger charge is -2.38. The van der Waals surface area contributed by atoms with Crippen molar-refractivity contribution in [3.63, 3.8) is 0 Å². The Hall–Kier alpha value is -0.900. The lowest BCUT2D eigenvalue weighted by Crippen LogP contribution is -2.62. The molecule has 0 aromatic heterocycles. The molecule has 7 unspecified atom stereocenters. The highest BCUT2D eigenvalue weighted by molar-refractivity contribution is 4.95. The zero-order valence-corrected chi connectivity index (χ0v) is 27.5. The molecular formula is C31H62N6O10. The van der Waals surface area contributed by atoms with Gasteiger partial charge in [-0.15, -0.1) is 0 Å². The molecule has 3 heterocycles. The molecule has 16 N–H and O–H groups in total. The fourth-order valence-electron chi connectivity index (χ4n) is 6.44. The molecule has 47 heavy (non-hydrogen) atoms. The molecule has 5 rings (SSSR count). The summed E-state index contributed by atoms with van der Waals surface area (Å²) in [6, 6.07) is -0.676. The molecule has 16 heteroatoms. The number of nitrogens with one attached hydrogen (secondary N) is 2. The average Bonchev–Trinajstić information content (AvgIpc) is 3.51. The molecule has 276 valence electrons. The highest BCUT2D eigenvalue weighted by Gasteiger charge is 2.41. The van der Waals surface area contributed by atoms with E-state index in [1.807, 2.05) is 0 Å². The summed E-state index contributed by atoms with van der Waals surface area (Å²) in [7, 11) is 0. The van der Waals surface area contributed by atoms with E-state index in [0.717, 1.165) is 64.1 Å². The van der Waals surface area contributed by atoms with Crippen LogP contribution in [0.15, 0.2) is 12.2 Å². The molecule has 2 saturated heterocycles. The van der Waals surface area contributed by atoms with Gasteiger partial charge < -0.3 is 83.2 Å². The summed E-state index contributed by atoms with van der Waals surface area (Å²) in [4.78, 5) is 0. The fourth-order valence-corrected chi connectivity index (χ4v) is 6.44. The molecule has 0 bridgehead atoms. The van der Waals surface area contributed by atoms with Crippen LogP contribution < -0.4 is 33.6 Å². The van der Waals surface area contributed by atoms with E-state index in [1.54, 1.807) is 0 Å². The van der Waals surface area contributed by atoms with E-state index in [-0.39, 0.29) is 69.1 Å². The fraction of sp³-hybridized carbons (Fsp3) is 0.935. The van der Waals surface area contributed by atoms with Gasteiger partial charge in [0.15, 0.2) is 12.6 Å². The minimum absolute atomic E-state index is 0.00623. The second-order valence-electron chi connectivity index (χ2n) is 13.3. The van der Waals surface area contributed by atoms with Gasteiger partial charge in [-0.05, 0) is 57.4 Å². The summed E-state index contributed by atoms with van der Waals surface area (Å²) in [6.07, 6.45) is 7.36. The average molecular weight is 679 g/mol. The van der Waals surface area contributed by atoms with Crippen LogP contribution in [0.25, 0.3) is 0 Å². The van der Waals surface area contributed by atoms with E-state index < -0.39 is 30.6 Å². The third-order valence-corrected chi connectivity index (χ3v) is 9.25. The van der Waals surface area contributed by atoms with Crippen molar-refractivity contribution in [3.8, 4) is 0 Å². The Morgan fingerprint density at radius 1 is 0.872 bits per heavy atom. The zero-order chi connectivity index (χ0) is 34.3. The summed E-state index contributed by atoms with van der Waals surface area (Å²) in [5, 5.41) is 61.6. The Morgan fingerprint density at radius 3 is 2.19 bits per heavy atom. The molecule has 0 aromatic rings. The topological polar surface area (TPSA) is 286 Å². The second kappa shape index (κ2) is 21.3. The first-order valence-electron chi connectivity index (χ1n) is 17.1. The summed E-state index contributed by atoms with van der Waals surface area (Å²) in [6.45, 7) is 2.78. The van der Waals surface area contributed by atoms with E-state index in [2.05, 4.69) is 22.8 Å². The number of rotatable bonds is 12. The van der Waals surface area contributed by atoms with Crippen molar-refractivity contribution >= 4 is 0 Å². The molecule has 16 nitrogen and oxygen atoms in total. The smallest absolute Gasteiger partial charge is 0.172 e. The molecule has 2 aliphatic carbocycles. The molecule has 2 saturated carbocycles. The Kier molecular flexibility index (Phi) is 18.4. The predicted molar refractivity (Wildman–Crippen MR) is 174 cm³/mol. The third kappa shape index (κ3) is 13.7. The highest BCUT2D eigenvalue weighted by atomic mass is 16.7. The number of hydrogen-bond donors (Lipinski definition) is 12. The molecular weight excluding hydrogens is 616 g/mol. The van der Waals surface area contributed by atoms with Crippen LogP contribution in [0.2, 0.25) is 0 Å². The van der Waals surface area contributed by atoms with Gasteiger partial charge in [-0.2, -0.15) is 0 Å². The largest absolute Gasteiger partial charge is 0.395 e. The predicted octanol–water partition coefficient (Wildman–Crippen LogP) is -3.94. The molecule has 4 fully saturated rings. The Morgan fingerprint density at radius 2 is 1.60 bits per heavy atom. The van der Waals surface area contributed by atoms with Crippen molar-refractivity contribution in [2.24, 2.45) is 28.9 Å². The first-order valence-corrected chi connectivity index (χ1v) is 17.1. The van der Waals surface area contributed by atoms with Crippen LogP contribution >= 0.6 is 0 Å². The van der Waals surface area contributed by atoms with Crippen molar-refractivity contribution in [3.05, 3.63) is 12.2 Å². The van der Waals surface area contributed by atoms with Gasteiger partial charge in [-0.25, -0.2) is 0 Å². The standard InChI is InChI=1S/C14H28N2O5.C11H20N2O.C6H14N2O4/c15-9-3-10(16-11(6-17)7-18)5-13(4-9)21-14-2-1-12(8-19)20-14;12-10-5-9(6-10)7-13-8-11-3-1-2-4-14-11;7-1-2-4(9)5(10)3(8)6(11)12-2/h9-14,16-19H,1-8,15H2;1,3,9-11,13H,2,4-8,12H2;2-6,9-11H,1,7-8H2/t;;2-,3+,4+,5?,6-/m..0/s1. The van der Waals surface area contributed by atoms with Crippen LogP contribution in [0.3, 0.4) is 0 Å². The number of aliphatic hydroxyl groups is 6. The van der Waals surface area contributed by atoms with Crippen LogP contribution in [0, 0.1) is 5.92 Å². The van der Waals surface area contributed by atoms with Gasteiger partial charge in [0.25, 0.3) is 0 Å². The van der Waals surface area contributed by atoms with E-state index in [0.29, 0.717) is 6.04 Å². The maximum atomic E-state index is 9.28. The van der Waals surface area contributed by atoms with Gasteiger partial charge >= 0.3 is 0 Å². The second-order valence-corrected chi connectivity index (χ2v) is 13.3. The molecule has 3 aliphatic heterocycles. The van der Waals surface area contributed by atoms with Gasteiger partial charge in [0.05, 0.1) is 56.8 Å². The maximum absolute atomic E-state index is 9.28. The van der Waals surface area contributed by atoms with Gasteiger partial charge in [-0.3, -0.25) is 0 Å². The van der Waals surface area contributed by atoms with Crippen molar-refractivity contribution in [1.82, 2.24) is 10.6 Å². The van der Waals surface area contributed by atoms with Gasteiger partial charge in [0.2, 0.25) is 0 Å². The van der Waals surface area contributed by atoms with Gasteiger partial charge in [0, 0.05) is 37.6 Å².